The van der Waals surface area contributed by atoms with Gasteiger partial charge in [0.15, 0.2) is 0 Å². The molecule has 1 aromatic heterocycles. The minimum atomic E-state index is -3.55. The summed E-state index contributed by atoms with van der Waals surface area (Å²) in [6.45, 7) is 1.07. The second-order valence-electron chi connectivity index (χ2n) is 7.06. The van der Waals surface area contributed by atoms with E-state index in [1.165, 1.54) is 16.6 Å². The van der Waals surface area contributed by atoms with Crippen LogP contribution in [0.4, 0.5) is 4.39 Å². The number of aromatic nitrogens is 1. The Morgan fingerprint density at radius 3 is 2.44 bits per heavy atom. The Morgan fingerprint density at radius 2 is 1.80 bits per heavy atom. The van der Waals surface area contributed by atoms with Crippen LogP contribution in [-0.4, -0.2) is 48.5 Å². The molecule has 3 rings (SSSR count). The number of alkyl halides is 1. The minimum Gasteiger partial charge on any atom is -0.348 e. The predicted molar refractivity (Wildman–Crippen MR) is 92.6 cm³/mol. The zero-order chi connectivity index (χ0) is 18.0. The van der Waals surface area contributed by atoms with Gasteiger partial charge in [-0.2, -0.15) is 4.31 Å². The normalized spacial score (nSPS) is 25.7. The first-order chi connectivity index (χ1) is 11.9. The molecule has 0 radical (unpaired) electrons. The lowest BCUT2D eigenvalue weighted by atomic mass is 9.94. The first-order valence-electron chi connectivity index (χ1n) is 8.99. The van der Waals surface area contributed by atoms with Gasteiger partial charge in [0.2, 0.25) is 10.0 Å². The zero-order valence-electron chi connectivity index (χ0n) is 14.6. The SMILES string of the molecule is Cn1cc(S(=O)(=O)N2CCCCC2)cc1C(=O)NC1CCC(F)CC1. The van der Waals surface area contributed by atoms with Crippen LogP contribution < -0.4 is 5.32 Å². The van der Waals surface area contributed by atoms with Gasteiger partial charge in [0.1, 0.15) is 16.8 Å². The molecule has 1 saturated carbocycles. The number of nitrogens with one attached hydrogen (secondary N) is 1. The molecular formula is C17H26FN3O3S. The highest BCUT2D eigenvalue weighted by Gasteiger charge is 2.29. The fourth-order valence-electron chi connectivity index (χ4n) is 3.61. The lowest BCUT2D eigenvalue weighted by molar-refractivity contribution is 0.0908. The van der Waals surface area contributed by atoms with Crippen molar-refractivity contribution in [2.45, 2.75) is 62.1 Å². The Hall–Kier alpha value is -1.41. The molecule has 0 atom stereocenters. The highest BCUT2D eigenvalue weighted by Crippen LogP contribution is 2.24. The number of halogens is 1. The molecule has 25 heavy (non-hydrogen) atoms. The van der Waals surface area contributed by atoms with Gasteiger partial charge in [0.05, 0.1) is 0 Å². The highest BCUT2D eigenvalue weighted by atomic mass is 32.2. The maximum Gasteiger partial charge on any atom is 0.268 e. The zero-order valence-corrected chi connectivity index (χ0v) is 15.4. The summed E-state index contributed by atoms with van der Waals surface area (Å²) in [7, 11) is -1.89. The largest absolute Gasteiger partial charge is 0.348 e. The highest BCUT2D eigenvalue weighted by molar-refractivity contribution is 7.89. The molecule has 2 fully saturated rings. The standard InChI is InChI=1S/C17H26FN3O3S/c1-20-12-15(25(23,24)21-9-3-2-4-10-21)11-16(20)17(22)19-14-7-5-13(18)6-8-14/h11-14H,2-10H2,1H3,(H,19,22). The first kappa shape index (κ1) is 18.4. The molecular weight excluding hydrogens is 345 g/mol. The fraction of sp³-hybridized carbons (Fsp3) is 0.706. The van der Waals surface area contributed by atoms with Gasteiger partial charge in [0, 0.05) is 32.4 Å². The molecule has 1 aromatic rings. The van der Waals surface area contributed by atoms with Gasteiger partial charge in [-0.15, -0.1) is 0 Å². The molecule has 0 bridgehead atoms. The van der Waals surface area contributed by atoms with Crippen LogP contribution in [0.2, 0.25) is 0 Å². The topological polar surface area (TPSA) is 71.4 Å². The van der Waals surface area contributed by atoms with E-state index < -0.39 is 16.2 Å². The molecule has 140 valence electrons. The quantitative estimate of drug-likeness (QED) is 0.882. The van der Waals surface area contributed by atoms with E-state index in [2.05, 4.69) is 5.32 Å². The summed E-state index contributed by atoms with van der Waals surface area (Å²) in [5.74, 6) is -0.301. The van der Waals surface area contributed by atoms with E-state index in [1.807, 2.05) is 0 Å². The lowest BCUT2D eigenvalue weighted by Crippen LogP contribution is -2.38. The molecule has 2 aliphatic rings. The molecule has 0 unspecified atom stereocenters. The van der Waals surface area contributed by atoms with Gasteiger partial charge < -0.3 is 9.88 Å². The van der Waals surface area contributed by atoms with Crippen molar-refractivity contribution in [3.63, 3.8) is 0 Å². The number of hydrogen-bond acceptors (Lipinski definition) is 3. The number of amides is 1. The molecule has 1 amide bonds. The average molecular weight is 371 g/mol. The summed E-state index contributed by atoms with van der Waals surface area (Å²) >= 11 is 0. The third-order valence-corrected chi connectivity index (χ3v) is 7.02. The summed E-state index contributed by atoms with van der Waals surface area (Å²) in [6.07, 6.45) is 5.69. The van der Waals surface area contributed by atoms with E-state index in [9.17, 15) is 17.6 Å². The molecule has 1 aliphatic heterocycles. The minimum absolute atomic E-state index is 0.0449. The number of hydrogen-bond donors (Lipinski definition) is 1. The number of rotatable bonds is 4. The molecule has 1 N–H and O–H groups in total. The number of carbonyl (C=O) groups excluding carboxylic acids is 1. The van der Waals surface area contributed by atoms with Crippen LogP contribution in [0.25, 0.3) is 0 Å². The third-order valence-electron chi connectivity index (χ3n) is 5.16. The van der Waals surface area contributed by atoms with Crippen LogP contribution in [-0.2, 0) is 17.1 Å². The summed E-state index contributed by atoms with van der Waals surface area (Å²) in [6, 6.07) is 1.40. The monoisotopic (exact) mass is 371 g/mol. The van der Waals surface area contributed by atoms with Crippen LogP contribution in [0.3, 0.4) is 0 Å². The maximum absolute atomic E-state index is 13.2. The molecule has 8 heteroatoms. The van der Waals surface area contributed by atoms with Crippen molar-refractivity contribution >= 4 is 15.9 Å². The van der Waals surface area contributed by atoms with E-state index in [-0.39, 0.29) is 16.8 Å². The molecule has 0 aromatic carbocycles. The summed E-state index contributed by atoms with van der Waals surface area (Å²) < 4.78 is 41.7. The Bertz CT molecular complexity index is 717. The number of nitrogens with zero attached hydrogens (tertiary/aromatic N) is 2. The van der Waals surface area contributed by atoms with E-state index in [0.717, 1.165) is 19.3 Å². The number of piperidine rings is 1. The van der Waals surface area contributed by atoms with Crippen molar-refractivity contribution in [2.24, 2.45) is 7.05 Å². The molecule has 6 nitrogen and oxygen atoms in total. The smallest absolute Gasteiger partial charge is 0.268 e. The van der Waals surface area contributed by atoms with Crippen molar-refractivity contribution in [1.82, 2.24) is 14.2 Å². The van der Waals surface area contributed by atoms with Gasteiger partial charge in [-0.05, 0) is 44.6 Å². The second kappa shape index (κ2) is 7.45. The first-order valence-corrected chi connectivity index (χ1v) is 10.4. The average Bonchev–Trinajstić information content (AvgIpc) is 3.00. The van der Waals surface area contributed by atoms with E-state index in [0.29, 0.717) is 44.5 Å². The van der Waals surface area contributed by atoms with Crippen LogP contribution in [0.15, 0.2) is 17.2 Å². The van der Waals surface area contributed by atoms with Crippen molar-refractivity contribution in [2.75, 3.05) is 13.1 Å². The molecule has 0 spiro atoms. The van der Waals surface area contributed by atoms with Crippen LogP contribution in [0.5, 0.6) is 0 Å². The Kier molecular flexibility index (Phi) is 5.48. The van der Waals surface area contributed by atoms with Crippen molar-refractivity contribution in [3.8, 4) is 0 Å². The summed E-state index contributed by atoms with van der Waals surface area (Å²) in [5, 5.41) is 2.91. The number of aryl methyl sites for hydroxylation is 1. The van der Waals surface area contributed by atoms with Crippen molar-refractivity contribution in [1.29, 1.82) is 0 Å². The molecule has 2 heterocycles. The van der Waals surface area contributed by atoms with Crippen LogP contribution in [0.1, 0.15) is 55.4 Å². The number of carbonyl (C=O) groups is 1. The molecule has 1 saturated heterocycles. The fourth-order valence-corrected chi connectivity index (χ4v) is 5.20. The predicted octanol–water partition coefficient (Wildman–Crippen LogP) is 2.21. The van der Waals surface area contributed by atoms with Gasteiger partial charge in [-0.3, -0.25) is 4.79 Å². The van der Waals surface area contributed by atoms with Crippen LogP contribution in [0, 0.1) is 0 Å². The summed E-state index contributed by atoms with van der Waals surface area (Å²) in [4.78, 5) is 12.7. The van der Waals surface area contributed by atoms with Gasteiger partial charge in [-0.1, -0.05) is 6.42 Å². The van der Waals surface area contributed by atoms with Crippen LogP contribution >= 0.6 is 0 Å². The van der Waals surface area contributed by atoms with E-state index in [4.69, 9.17) is 0 Å². The Balaban J connectivity index is 1.72. The van der Waals surface area contributed by atoms with Gasteiger partial charge >= 0.3 is 0 Å². The number of sulfonamides is 1. The third kappa shape index (κ3) is 4.06. The molecule has 1 aliphatic carbocycles. The van der Waals surface area contributed by atoms with Gasteiger partial charge in [0.25, 0.3) is 5.91 Å². The van der Waals surface area contributed by atoms with Crippen molar-refractivity contribution < 1.29 is 17.6 Å². The maximum atomic E-state index is 13.2. The summed E-state index contributed by atoms with van der Waals surface area (Å²) in [5.41, 5.74) is 0.318. The van der Waals surface area contributed by atoms with Crippen molar-refractivity contribution in [3.05, 3.63) is 18.0 Å². The second-order valence-corrected chi connectivity index (χ2v) is 9.00. The van der Waals surface area contributed by atoms with E-state index >= 15 is 0 Å². The van der Waals surface area contributed by atoms with Gasteiger partial charge in [-0.25, -0.2) is 12.8 Å². The lowest BCUT2D eigenvalue weighted by Gasteiger charge is -2.25. The Morgan fingerprint density at radius 1 is 1.16 bits per heavy atom. The van der Waals surface area contributed by atoms with E-state index in [1.54, 1.807) is 11.6 Å². The Labute approximate surface area is 148 Å².